The highest BCUT2D eigenvalue weighted by molar-refractivity contribution is 7.78. The van der Waals surface area contributed by atoms with Crippen molar-refractivity contribution >= 4 is 29.0 Å². The third kappa shape index (κ3) is 2.00. The van der Waals surface area contributed by atoms with Crippen LogP contribution in [0.15, 0.2) is 59.6 Å². The van der Waals surface area contributed by atoms with E-state index in [1.165, 1.54) is 18.2 Å². The van der Waals surface area contributed by atoms with Crippen LogP contribution in [0.5, 0.6) is 23.0 Å². The molecule has 0 radical (unpaired) electrons. The molecule has 0 aromatic heterocycles. The number of hydrogen-bond donors (Lipinski definition) is 2. The Morgan fingerprint density at radius 1 is 1.00 bits per heavy atom. The molecule has 0 saturated carbocycles. The van der Waals surface area contributed by atoms with Crippen LogP contribution < -0.4 is 4.74 Å². The number of aliphatic imine (C=N–C) groups is 1. The summed E-state index contributed by atoms with van der Waals surface area (Å²) < 4.78 is 11.9. The summed E-state index contributed by atoms with van der Waals surface area (Å²) >= 11 is 4.70. The van der Waals surface area contributed by atoms with E-state index in [1.54, 1.807) is 30.3 Å². The lowest BCUT2D eigenvalue weighted by molar-refractivity contribution is 0.0224. The maximum atomic E-state index is 12.7. The van der Waals surface area contributed by atoms with Crippen molar-refractivity contribution in [1.82, 2.24) is 0 Å². The summed E-state index contributed by atoms with van der Waals surface area (Å²) in [6, 6.07) is 14.7. The molecule has 136 valence electrons. The number of phenolic OH excluding ortho intramolecular Hbond substituents is 2. The van der Waals surface area contributed by atoms with Crippen molar-refractivity contribution in [2.75, 3.05) is 0 Å². The first-order valence-electron chi connectivity index (χ1n) is 8.35. The minimum Gasteiger partial charge on any atom is -0.508 e. The summed E-state index contributed by atoms with van der Waals surface area (Å²) in [5.41, 5.74) is 0.886. The molecule has 2 aliphatic heterocycles. The molecule has 5 rings (SSSR count). The number of ether oxygens (including phenoxy) is 2. The Balaban J connectivity index is 1.94. The van der Waals surface area contributed by atoms with Gasteiger partial charge in [0.05, 0.1) is 16.3 Å². The van der Waals surface area contributed by atoms with E-state index in [2.05, 4.69) is 10.2 Å². The Kier molecular flexibility index (Phi) is 3.34. The number of benzene rings is 3. The van der Waals surface area contributed by atoms with Gasteiger partial charge in [-0.05, 0) is 42.5 Å². The van der Waals surface area contributed by atoms with E-state index >= 15 is 0 Å². The average Bonchev–Trinajstić information content (AvgIpc) is 2.98. The summed E-state index contributed by atoms with van der Waals surface area (Å²) in [7, 11) is 0. The van der Waals surface area contributed by atoms with Gasteiger partial charge in [-0.15, -0.1) is 0 Å². The number of isothiocyanates is 1. The quantitative estimate of drug-likeness (QED) is 0.364. The van der Waals surface area contributed by atoms with Crippen molar-refractivity contribution in [3.8, 4) is 23.0 Å². The minimum atomic E-state index is -1.30. The van der Waals surface area contributed by atoms with Gasteiger partial charge in [-0.2, -0.15) is 4.99 Å². The summed E-state index contributed by atoms with van der Waals surface area (Å²) in [5.74, 6) is -0.193. The SMILES string of the molecule is O=C1OC2(c3ccc(O)cc3Oc3c2ccc(O)c3N=C=S)c2ccccc21. The molecular weight excluding hydrogens is 378 g/mol. The number of thiocarbonyl (C=S) groups is 1. The molecule has 0 bridgehead atoms. The summed E-state index contributed by atoms with van der Waals surface area (Å²) in [6.07, 6.45) is 0. The number of carbonyl (C=O) groups excluding carboxylic acids is 1. The maximum absolute atomic E-state index is 12.7. The van der Waals surface area contributed by atoms with Crippen LogP contribution >= 0.6 is 12.2 Å². The molecule has 3 aromatic rings. The van der Waals surface area contributed by atoms with Crippen LogP contribution in [0, 0.1) is 0 Å². The molecular formula is C21H11NO5S. The summed E-state index contributed by atoms with van der Waals surface area (Å²) in [4.78, 5) is 16.6. The van der Waals surface area contributed by atoms with E-state index in [0.717, 1.165) is 0 Å². The van der Waals surface area contributed by atoms with Crippen LogP contribution in [-0.4, -0.2) is 21.3 Å². The van der Waals surface area contributed by atoms with Gasteiger partial charge in [0.2, 0.25) is 0 Å². The molecule has 2 aliphatic rings. The number of nitrogens with zero attached hydrogens (tertiary/aromatic N) is 1. The van der Waals surface area contributed by atoms with Crippen LogP contribution in [0.25, 0.3) is 0 Å². The monoisotopic (exact) mass is 389 g/mol. The molecule has 0 fully saturated rings. The summed E-state index contributed by atoms with van der Waals surface area (Å²) in [5, 5.41) is 22.4. The number of rotatable bonds is 1. The number of carbonyl (C=O) groups is 1. The molecule has 2 heterocycles. The summed E-state index contributed by atoms with van der Waals surface area (Å²) in [6.45, 7) is 0. The van der Waals surface area contributed by atoms with E-state index in [0.29, 0.717) is 22.3 Å². The smallest absolute Gasteiger partial charge is 0.340 e. The fourth-order valence-corrected chi connectivity index (χ4v) is 3.94. The van der Waals surface area contributed by atoms with Gasteiger partial charge < -0.3 is 19.7 Å². The minimum absolute atomic E-state index is 0.0185. The second kappa shape index (κ2) is 5.66. The van der Waals surface area contributed by atoms with E-state index in [1.807, 2.05) is 6.07 Å². The zero-order valence-corrected chi connectivity index (χ0v) is 15.0. The first-order valence-corrected chi connectivity index (χ1v) is 8.75. The molecule has 1 spiro atoms. The van der Waals surface area contributed by atoms with E-state index in [9.17, 15) is 15.0 Å². The van der Waals surface area contributed by atoms with Gasteiger partial charge in [0, 0.05) is 17.2 Å². The van der Waals surface area contributed by atoms with Crippen LogP contribution in [0.3, 0.4) is 0 Å². The standard InChI is InChI=1S/C21H11NO5S/c23-11-5-6-14-17(9-11)26-19-15(7-8-16(24)18(19)22-10-28)21(14)13-4-2-1-3-12(13)20(25)27-21/h1-9,23-24H. The largest absolute Gasteiger partial charge is 0.508 e. The van der Waals surface area contributed by atoms with Crippen LogP contribution in [-0.2, 0) is 10.3 Å². The molecule has 7 heteroatoms. The fraction of sp³-hybridized carbons (Fsp3) is 0.0476. The van der Waals surface area contributed by atoms with Gasteiger partial charge in [0.1, 0.15) is 17.2 Å². The maximum Gasteiger partial charge on any atom is 0.340 e. The molecule has 2 N–H and O–H groups in total. The lowest BCUT2D eigenvalue weighted by Crippen LogP contribution is -2.33. The number of aromatic hydroxyl groups is 2. The number of fused-ring (bicyclic) bond motifs is 6. The molecule has 1 unspecified atom stereocenters. The zero-order chi connectivity index (χ0) is 19.5. The van der Waals surface area contributed by atoms with Gasteiger partial charge in [0.15, 0.2) is 17.0 Å². The van der Waals surface area contributed by atoms with Gasteiger partial charge in [-0.25, -0.2) is 4.79 Å². The van der Waals surface area contributed by atoms with Crippen LogP contribution in [0.1, 0.15) is 27.0 Å². The van der Waals surface area contributed by atoms with E-state index < -0.39 is 11.6 Å². The van der Waals surface area contributed by atoms with Gasteiger partial charge in [-0.1, -0.05) is 18.2 Å². The molecule has 0 saturated heterocycles. The molecule has 0 aliphatic carbocycles. The van der Waals surface area contributed by atoms with Crippen molar-refractivity contribution in [3.05, 3.63) is 76.9 Å². The lowest BCUT2D eigenvalue weighted by Gasteiger charge is -2.36. The molecule has 1 atom stereocenters. The predicted octanol–water partition coefficient (Wildman–Crippen LogP) is 4.40. The first kappa shape index (κ1) is 16.5. The second-order valence-corrected chi connectivity index (χ2v) is 6.59. The average molecular weight is 389 g/mol. The highest BCUT2D eigenvalue weighted by atomic mass is 32.1. The highest BCUT2D eigenvalue weighted by Gasteiger charge is 2.54. The van der Waals surface area contributed by atoms with Crippen molar-refractivity contribution < 1.29 is 24.5 Å². The third-order valence-corrected chi connectivity index (χ3v) is 5.07. The lowest BCUT2D eigenvalue weighted by atomic mass is 9.77. The van der Waals surface area contributed by atoms with Crippen molar-refractivity contribution in [1.29, 1.82) is 0 Å². The Labute approximate surface area is 164 Å². The Morgan fingerprint density at radius 3 is 2.61 bits per heavy atom. The van der Waals surface area contributed by atoms with Crippen molar-refractivity contribution in [3.63, 3.8) is 0 Å². The topological polar surface area (TPSA) is 88.4 Å². The molecule has 6 nitrogen and oxygen atoms in total. The van der Waals surface area contributed by atoms with Crippen LogP contribution in [0.4, 0.5) is 5.69 Å². The van der Waals surface area contributed by atoms with Gasteiger partial charge in [0.25, 0.3) is 0 Å². The van der Waals surface area contributed by atoms with Crippen molar-refractivity contribution in [2.45, 2.75) is 5.60 Å². The normalized spacial score (nSPS) is 18.4. The molecule has 3 aromatic carbocycles. The van der Waals surface area contributed by atoms with Gasteiger partial charge in [-0.3, -0.25) is 0 Å². The Morgan fingerprint density at radius 2 is 1.79 bits per heavy atom. The Bertz CT molecular complexity index is 1230. The number of phenols is 2. The number of hydrogen-bond acceptors (Lipinski definition) is 7. The van der Waals surface area contributed by atoms with Gasteiger partial charge >= 0.3 is 5.97 Å². The van der Waals surface area contributed by atoms with Crippen LogP contribution in [0.2, 0.25) is 0 Å². The predicted molar refractivity (Wildman–Crippen MR) is 103 cm³/mol. The fourth-order valence-electron chi connectivity index (χ4n) is 3.85. The van der Waals surface area contributed by atoms with E-state index in [-0.39, 0.29) is 28.7 Å². The highest BCUT2D eigenvalue weighted by Crippen LogP contribution is 2.59. The second-order valence-electron chi connectivity index (χ2n) is 6.41. The van der Waals surface area contributed by atoms with Crippen molar-refractivity contribution in [2.24, 2.45) is 4.99 Å². The van der Waals surface area contributed by atoms with E-state index in [4.69, 9.17) is 21.7 Å². The molecule has 0 amide bonds. The Hall–Kier alpha value is -3.67. The molecule has 28 heavy (non-hydrogen) atoms. The number of esters is 1. The zero-order valence-electron chi connectivity index (χ0n) is 14.2. The third-order valence-electron chi connectivity index (χ3n) is 4.98. The first-order chi connectivity index (χ1) is 13.6.